The van der Waals surface area contributed by atoms with Crippen LogP contribution in [0.15, 0.2) is 33.7 Å². The third kappa shape index (κ3) is 4.40. The van der Waals surface area contributed by atoms with Crippen LogP contribution in [-0.2, 0) is 21.2 Å². The lowest BCUT2D eigenvalue weighted by atomic mass is 10.1. The van der Waals surface area contributed by atoms with E-state index in [0.29, 0.717) is 17.9 Å². The molecule has 124 valence electrons. The Morgan fingerprint density at radius 1 is 1.22 bits per heavy atom. The lowest BCUT2D eigenvalue weighted by Gasteiger charge is -2.08. The van der Waals surface area contributed by atoms with E-state index in [4.69, 9.17) is 4.52 Å². The van der Waals surface area contributed by atoms with Crippen molar-refractivity contribution in [2.24, 2.45) is 0 Å². The molecule has 2 rings (SSSR count). The highest BCUT2D eigenvalue weighted by Crippen LogP contribution is 2.15. The molecule has 0 unspecified atom stereocenters. The van der Waals surface area contributed by atoms with Crippen molar-refractivity contribution in [3.8, 4) is 0 Å². The normalized spacial score (nSPS) is 11.4. The molecule has 1 amide bonds. The molecular weight excluding hydrogens is 318 g/mol. The summed E-state index contributed by atoms with van der Waals surface area (Å²) in [5, 5.41) is 6.42. The number of rotatable bonds is 6. The number of carbonyl (C=O) groups is 1. The maximum atomic E-state index is 12.2. The Morgan fingerprint density at radius 2 is 1.87 bits per heavy atom. The van der Waals surface area contributed by atoms with Crippen LogP contribution in [0.25, 0.3) is 0 Å². The van der Waals surface area contributed by atoms with Gasteiger partial charge in [0.2, 0.25) is 15.9 Å². The molecule has 1 aromatic carbocycles. The van der Waals surface area contributed by atoms with Crippen molar-refractivity contribution in [3.05, 3.63) is 41.3 Å². The second-order valence-corrected chi connectivity index (χ2v) is 6.92. The average molecular weight is 337 g/mol. The van der Waals surface area contributed by atoms with Gasteiger partial charge in [0.15, 0.2) is 0 Å². The Morgan fingerprint density at radius 3 is 2.39 bits per heavy atom. The average Bonchev–Trinajstić information content (AvgIpc) is 2.79. The molecule has 7 nitrogen and oxygen atoms in total. The van der Waals surface area contributed by atoms with Gasteiger partial charge in [-0.15, -0.1) is 0 Å². The zero-order valence-electron chi connectivity index (χ0n) is 13.2. The van der Waals surface area contributed by atoms with Gasteiger partial charge in [0.1, 0.15) is 5.76 Å². The van der Waals surface area contributed by atoms with Gasteiger partial charge >= 0.3 is 0 Å². The molecule has 0 aliphatic rings. The van der Waals surface area contributed by atoms with E-state index in [-0.39, 0.29) is 17.3 Å². The molecule has 0 saturated heterocycles. The largest absolute Gasteiger partial charge is 0.361 e. The molecular formula is C15H19N3O4S. The van der Waals surface area contributed by atoms with E-state index in [1.165, 1.54) is 19.1 Å². The summed E-state index contributed by atoms with van der Waals surface area (Å²) < 4.78 is 32.0. The van der Waals surface area contributed by atoms with Crippen molar-refractivity contribution in [1.29, 1.82) is 0 Å². The Balaban J connectivity index is 2.00. The molecule has 8 heteroatoms. The Bertz CT molecular complexity index is 775. The first-order chi connectivity index (χ1) is 10.8. The van der Waals surface area contributed by atoms with Crippen molar-refractivity contribution < 1.29 is 17.7 Å². The minimum atomic E-state index is -3.60. The van der Waals surface area contributed by atoms with Gasteiger partial charge in [-0.1, -0.05) is 5.16 Å². The predicted molar refractivity (Wildman–Crippen MR) is 85.6 cm³/mol. The highest BCUT2D eigenvalue weighted by molar-refractivity contribution is 7.89. The molecule has 0 saturated carbocycles. The van der Waals surface area contributed by atoms with Crippen molar-refractivity contribution in [1.82, 2.24) is 9.88 Å². The van der Waals surface area contributed by atoms with E-state index in [9.17, 15) is 13.2 Å². The number of nitrogens with zero attached hydrogens (tertiary/aromatic N) is 1. The van der Waals surface area contributed by atoms with Crippen LogP contribution in [0.4, 0.5) is 5.69 Å². The molecule has 0 bridgehead atoms. The van der Waals surface area contributed by atoms with E-state index in [2.05, 4.69) is 15.2 Å². The van der Waals surface area contributed by atoms with Gasteiger partial charge in [-0.25, -0.2) is 13.1 Å². The van der Waals surface area contributed by atoms with Crippen molar-refractivity contribution >= 4 is 21.6 Å². The molecule has 0 spiro atoms. The number of hydrogen-bond acceptors (Lipinski definition) is 5. The topological polar surface area (TPSA) is 101 Å². The number of nitrogens with one attached hydrogen (secondary N) is 2. The van der Waals surface area contributed by atoms with Gasteiger partial charge < -0.3 is 9.84 Å². The fraction of sp³-hybridized carbons (Fsp3) is 0.333. The third-order valence-electron chi connectivity index (χ3n) is 3.33. The third-order valence-corrected chi connectivity index (χ3v) is 4.81. The number of amides is 1. The summed E-state index contributed by atoms with van der Waals surface area (Å²) in [6.45, 7) is 5.26. The quantitative estimate of drug-likeness (QED) is 0.836. The van der Waals surface area contributed by atoms with Crippen LogP contribution in [0.2, 0.25) is 0 Å². The Labute approximate surface area is 135 Å². The van der Waals surface area contributed by atoms with Crippen LogP contribution in [0.1, 0.15) is 23.9 Å². The van der Waals surface area contributed by atoms with Crippen LogP contribution >= 0.6 is 0 Å². The number of aryl methyl sites for hydroxylation is 2. The van der Waals surface area contributed by atoms with Gasteiger partial charge in [-0.2, -0.15) is 0 Å². The number of carbonyl (C=O) groups excluding carboxylic acids is 1. The minimum Gasteiger partial charge on any atom is -0.361 e. The minimum absolute atomic E-state index is 0.144. The van der Waals surface area contributed by atoms with Crippen molar-refractivity contribution in [2.75, 3.05) is 11.9 Å². The standard InChI is InChI=1S/C15H19N3O4S/c1-10-15(11(2)22-18-10)8-9-16-23(20,21)14-6-4-13(5-7-14)17-12(3)19/h4-7,16H,8-9H2,1-3H3,(H,17,19). The fourth-order valence-electron chi connectivity index (χ4n) is 2.17. The first-order valence-electron chi connectivity index (χ1n) is 7.08. The Hall–Kier alpha value is -2.19. The molecule has 2 aromatic rings. The SMILES string of the molecule is CC(=O)Nc1ccc(S(=O)(=O)NCCc2c(C)noc2C)cc1. The van der Waals surface area contributed by atoms with Gasteiger partial charge in [0, 0.05) is 24.7 Å². The lowest BCUT2D eigenvalue weighted by Crippen LogP contribution is -2.26. The summed E-state index contributed by atoms with van der Waals surface area (Å²) in [5.74, 6) is 0.486. The number of anilines is 1. The van der Waals surface area contributed by atoms with Crippen LogP contribution in [0.3, 0.4) is 0 Å². The highest BCUT2D eigenvalue weighted by atomic mass is 32.2. The van der Waals surface area contributed by atoms with Gasteiger partial charge in [0.05, 0.1) is 10.6 Å². The smallest absolute Gasteiger partial charge is 0.240 e. The molecule has 0 aliphatic heterocycles. The lowest BCUT2D eigenvalue weighted by molar-refractivity contribution is -0.114. The number of aromatic nitrogens is 1. The fourth-order valence-corrected chi connectivity index (χ4v) is 3.21. The van der Waals surface area contributed by atoms with Crippen LogP contribution in [0.5, 0.6) is 0 Å². The summed E-state index contributed by atoms with van der Waals surface area (Å²) in [6, 6.07) is 5.99. The molecule has 0 aliphatic carbocycles. The van der Waals surface area contributed by atoms with Gasteiger partial charge in [-0.05, 0) is 44.5 Å². The summed E-state index contributed by atoms with van der Waals surface area (Å²) in [4.78, 5) is 11.1. The highest BCUT2D eigenvalue weighted by Gasteiger charge is 2.15. The molecule has 1 aromatic heterocycles. The van der Waals surface area contributed by atoms with E-state index in [1.807, 2.05) is 6.92 Å². The van der Waals surface area contributed by atoms with Crippen LogP contribution in [0, 0.1) is 13.8 Å². The second-order valence-electron chi connectivity index (χ2n) is 5.16. The molecule has 0 fully saturated rings. The molecule has 0 radical (unpaired) electrons. The monoisotopic (exact) mass is 337 g/mol. The van der Waals surface area contributed by atoms with E-state index >= 15 is 0 Å². The molecule has 0 atom stereocenters. The molecule has 2 N–H and O–H groups in total. The molecule has 23 heavy (non-hydrogen) atoms. The van der Waals surface area contributed by atoms with Crippen molar-refractivity contribution in [3.63, 3.8) is 0 Å². The predicted octanol–water partition coefficient (Wildman–Crippen LogP) is 1.77. The second kappa shape index (κ2) is 6.93. The van der Waals surface area contributed by atoms with Crippen LogP contribution < -0.4 is 10.0 Å². The Kier molecular flexibility index (Phi) is 5.17. The first-order valence-corrected chi connectivity index (χ1v) is 8.57. The van der Waals surface area contributed by atoms with Gasteiger partial charge in [-0.3, -0.25) is 4.79 Å². The first kappa shape index (κ1) is 17.2. The van der Waals surface area contributed by atoms with Crippen molar-refractivity contribution in [2.45, 2.75) is 32.1 Å². The summed E-state index contributed by atoms with van der Waals surface area (Å²) >= 11 is 0. The van der Waals surface area contributed by atoms with E-state index < -0.39 is 10.0 Å². The zero-order valence-corrected chi connectivity index (χ0v) is 14.0. The van der Waals surface area contributed by atoms with Gasteiger partial charge in [0.25, 0.3) is 0 Å². The summed E-state index contributed by atoms with van der Waals surface area (Å²) in [6.07, 6.45) is 0.504. The van der Waals surface area contributed by atoms with E-state index in [0.717, 1.165) is 11.3 Å². The number of sulfonamides is 1. The maximum absolute atomic E-state index is 12.2. The maximum Gasteiger partial charge on any atom is 0.240 e. The summed E-state index contributed by atoms with van der Waals surface area (Å²) in [5.41, 5.74) is 2.22. The zero-order chi connectivity index (χ0) is 17.0. The molecule has 1 heterocycles. The van der Waals surface area contributed by atoms with Crippen LogP contribution in [-0.4, -0.2) is 26.0 Å². The summed E-state index contributed by atoms with van der Waals surface area (Å²) in [7, 11) is -3.60. The number of hydrogen-bond donors (Lipinski definition) is 2. The number of benzene rings is 1. The van der Waals surface area contributed by atoms with E-state index in [1.54, 1.807) is 19.1 Å².